The number of aromatic nitrogens is 2. The van der Waals surface area contributed by atoms with Crippen molar-refractivity contribution in [3.05, 3.63) is 52.1 Å². The van der Waals surface area contributed by atoms with Crippen LogP contribution in [0.5, 0.6) is 23.0 Å². The first-order valence-corrected chi connectivity index (χ1v) is 9.31. The average molecular weight is 394 g/mol. The number of methoxy groups -OCH3 is 3. The molecule has 1 N–H and O–H groups in total. The molecule has 2 heterocycles. The molecule has 7 nitrogen and oxygen atoms in total. The molecular formula is C22H22N2O5. The molecule has 29 heavy (non-hydrogen) atoms. The van der Waals surface area contributed by atoms with Gasteiger partial charge in [0.2, 0.25) is 5.75 Å². The minimum atomic E-state index is -0.103. The van der Waals surface area contributed by atoms with Crippen molar-refractivity contribution < 1.29 is 19.3 Å². The van der Waals surface area contributed by atoms with Crippen molar-refractivity contribution in [3.8, 4) is 23.0 Å². The number of nitrogens with zero attached hydrogens (tertiary/aromatic N) is 2. The zero-order valence-electron chi connectivity index (χ0n) is 16.6. The van der Waals surface area contributed by atoms with E-state index in [1.165, 1.54) is 14.2 Å². The van der Waals surface area contributed by atoms with Gasteiger partial charge in [0, 0.05) is 6.54 Å². The molecule has 1 aliphatic heterocycles. The molecule has 0 saturated carbocycles. The van der Waals surface area contributed by atoms with E-state index in [1.807, 2.05) is 18.2 Å². The predicted octanol–water partition coefficient (Wildman–Crippen LogP) is 3.46. The Hall–Kier alpha value is -3.48. The molecule has 3 aromatic rings. The zero-order valence-corrected chi connectivity index (χ0v) is 16.6. The predicted molar refractivity (Wildman–Crippen MR) is 111 cm³/mol. The third-order valence-corrected chi connectivity index (χ3v) is 5.12. The molecule has 1 aromatic heterocycles. The summed E-state index contributed by atoms with van der Waals surface area (Å²) >= 11 is 0. The van der Waals surface area contributed by atoms with Crippen molar-refractivity contribution in [2.45, 2.75) is 19.4 Å². The summed E-state index contributed by atoms with van der Waals surface area (Å²) in [6.07, 6.45) is 3.56. The normalized spacial score (nSPS) is 14.7. The Bertz CT molecular complexity index is 1150. The average Bonchev–Trinajstić information content (AvgIpc) is 2.75. The Balaban J connectivity index is 1.91. The van der Waals surface area contributed by atoms with Gasteiger partial charge in [-0.2, -0.15) is 0 Å². The number of rotatable bonds is 4. The number of ether oxygens (including phenoxy) is 3. The van der Waals surface area contributed by atoms with Crippen LogP contribution in [0.25, 0.3) is 22.6 Å². The van der Waals surface area contributed by atoms with Crippen molar-refractivity contribution in [3.63, 3.8) is 0 Å². The molecule has 150 valence electrons. The van der Waals surface area contributed by atoms with Gasteiger partial charge in [0.25, 0.3) is 5.56 Å². The van der Waals surface area contributed by atoms with Gasteiger partial charge in [-0.15, -0.1) is 0 Å². The lowest BCUT2D eigenvalue weighted by molar-refractivity contribution is 0.340. The molecule has 0 saturated heterocycles. The quantitative estimate of drug-likeness (QED) is 0.730. The summed E-state index contributed by atoms with van der Waals surface area (Å²) in [4.78, 5) is 17.9. The summed E-state index contributed by atoms with van der Waals surface area (Å²) in [5, 5.41) is 10.6. The van der Waals surface area contributed by atoms with Crippen LogP contribution in [-0.2, 0) is 6.54 Å². The van der Waals surface area contributed by atoms with Crippen LogP contribution in [0, 0.1) is 0 Å². The van der Waals surface area contributed by atoms with Gasteiger partial charge in [0.15, 0.2) is 11.5 Å². The second-order valence-corrected chi connectivity index (χ2v) is 6.79. The lowest BCUT2D eigenvalue weighted by Gasteiger charge is -2.21. The monoisotopic (exact) mass is 394 g/mol. The van der Waals surface area contributed by atoms with Crippen LogP contribution in [0.3, 0.4) is 0 Å². The number of aromatic hydroxyl groups is 1. The smallest absolute Gasteiger partial charge is 0.265 e. The van der Waals surface area contributed by atoms with Gasteiger partial charge < -0.3 is 19.3 Å². The molecule has 0 aliphatic carbocycles. The Labute approximate surface area is 167 Å². The topological polar surface area (TPSA) is 82.8 Å². The van der Waals surface area contributed by atoms with Gasteiger partial charge >= 0.3 is 0 Å². The lowest BCUT2D eigenvalue weighted by Crippen LogP contribution is -2.28. The molecule has 1 aliphatic rings. The van der Waals surface area contributed by atoms with Crippen molar-refractivity contribution in [1.29, 1.82) is 0 Å². The molecule has 0 radical (unpaired) electrons. The summed E-state index contributed by atoms with van der Waals surface area (Å²) < 4.78 is 17.6. The van der Waals surface area contributed by atoms with Crippen LogP contribution in [-0.4, -0.2) is 36.0 Å². The number of phenolic OH excluding ortho intramolecular Hbond substituents is 1. The van der Waals surface area contributed by atoms with E-state index in [2.05, 4.69) is 0 Å². The molecule has 0 amide bonds. The Morgan fingerprint density at radius 2 is 1.76 bits per heavy atom. The largest absolute Gasteiger partial charge is 0.502 e. The maximum atomic E-state index is 13.1. The maximum absolute atomic E-state index is 13.1. The summed E-state index contributed by atoms with van der Waals surface area (Å²) in [6, 6.07) is 8.87. The summed E-state index contributed by atoms with van der Waals surface area (Å²) in [7, 11) is 4.53. The van der Waals surface area contributed by atoms with E-state index in [-0.39, 0.29) is 11.3 Å². The SMILES string of the molecule is COc1cc(/C=C2\CCCn3c2nc2cccc(OC)c2c3=O)cc(OC)c1O. The van der Waals surface area contributed by atoms with Gasteiger partial charge in [0.1, 0.15) is 17.0 Å². The van der Waals surface area contributed by atoms with Gasteiger partial charge in [-0.3, -0.25) is 9.36 Å². The van der Waals surface area contributed by atoms with Crippen molar-refractivity contribution in [2.75, 3.05) is 21.3 Å². The van der Waals surface area contributed by atoms with Crippen LogP contribution < -0.4 is 19.8 Å². The molecule has 0 fully saturated rings. The zero-order chi connectivity index (χ0) is 20.5. The summed E-state index contributed by atoms with van der Waals surface area (Å²) in [5.41, 5.74) is 2.23. The number of hydrogen-bond donors (Lipinski definition) is 1. The third kappa shape index (κ3) is 3.18. The molecule has 7 heteroatoms. The van der Waals surface area contributed by atoms with E-state index in [1.54, 1.807) is 29.9 Å². The number of benzene rings is 2. The first-order chi connectivity index (χ1) is 14.1. The first-order valence-electron chi connectivity index (χ1n) is 9.31. The highest BCUT2D eigenvalue weighted by molar-refractivity contribution is 5.87. The minimum absolute atomic E-state index is 0.0476. The summed E-state index contributed by atoms with van der Waals surface area (Å²) in [5.74, 6) is 1.77. The van der Waals surface area contributed by atoms with Crippen molar-refractivity contribution >= 4 is 22.6 Å². The van der Waals surface area contributed by atoms with Crippen molar-refractivity contribution in [2.24, 2.45) is 0 Å². The standard InChI is InChI=1S/C22H22N2O5/c1-27-16-8-4-7-15-19(16)22(26)24-9-5-6-14(21(24)23-15)10-13-11-17(28-2)20(25)18(12-13)29-3/h4,7-8,10-12,25H,5-6,9H2,1-3H3/b14-10+. The molecule has 0 spiro atoms. The fourth-order valence-corrected chi connectivity index (χ4v) is 3.73. The van der Waals surface area contributed by atoms with Crippen molar-refractivity contribution in [1.82, 2.24) is 9.55 Å². The molecular weight excluding hydrogens is 372 g/mol. The van der Waals surface area contributed by atoms with Crippen LogP contribution >= 0.6 is 0 Å². The van der Waals surface area contributed by atoms with Gasteiger partial charge in [-0.1, -0.05) is 6.07 Å². The summed E-state index contributed by atoms with van der Waals surface area (Å²) in [6.45, 7) is 0.606. The Kier molecular flexibility index (Phi) is 4.88. The Morgan fingerprint density at radius 3 is 2.41 bits per heavy atom. The van der Waals surface area contributed by atoms with Gasteiger partial charge in [-0.25, -0.2) is 4.98 Å². The second-order valence-electron chi connectivity index (χ2n) is 6.79. The third-order valence-electron chi connectivity index (χ3n) is 5.12. The van der Waals surface area contributed by atoms with Crippen LogP contribution in [0.4, 0.5) is 0 Å². The second kappa shape index (κ2) is 7.50. The number of hydrogen-bond acceptors (Lipinski definition) is 6. The highest BCUT2D eigenvalue weighted by atomic mass is 16.5. The van der Waals surface area contributed by atoms with Crippen LogP contribution in [0.15, 0.2) is 35.1 Å². The molecule has 4 rings (SSSR count). The fourth-order valence-electron chi connectivity index (χ4n) is 3.73. The van der Waals surface area contributed by atoms with E-state index >= 15 is 0 Å². The van der Waals surface area contributed by atoms with Crippen LogP contribution in [0.1, 0.15) is 24.2 Å². The molecule has 0 bridgehead atoms. The molecule has 0 atom stereocenters. The van der Waals surface area contributed by atoms with E-state index in [4.69, 9.17) is 19.2 Å². The Morgan fingerprint density at radius 1 is 1.07 bits per heavy atom. The van der Waals surface area contributed by atoms with E-state index in [0.29, 0.717) is 40.5 Å². The minimum Gasteiger partial charge on any atom is -0.502 e. The first kappa shape index (κ1) is 18.9. The molecule has 0 unspecified atom stereocenters. The fraction of sp³-hybridized carbons (Fsp3) is 0.273. The van der Waals surface area contributed by atoms with Crippen LogP contribution in [0.2, 0.25) is 0 Å². The molecule has 2 aromatic carbocycles. The van der Waals surface area contributed by atoms with E-state index in [0.717, 1.165) is 24.0 Å². The highest BCUT2D eigenvalue weighted by Crippen LogP contribution is 2.38. The van der Waals surface area contributed by atoms with Gasteiger partial charge in [0.05, 0.1) is 26.8 Å². The van der Waals surface area contributed by atoms with E-state index < -0.39 is 0 Å². The lowest BCUT2D eigenvalue weighted by atomic mass is 10.0. The number of fused-ring (bicyclic) bond motifs is 2. The number of allylic oxidation sites excluding steroid dienone is 1. The number of phenols is 1. The van der Waals surface area contributed by atoms with Gasteiger partial charge in [-0.05, 0) is 54.3 Å². The van der Waals surface area contributed by atoms with E-state index in [9.17, 15) is 9.90 Å². The maximum Gasteiger partial charge on any atom is 0.265 e. The highest BCUT2D eigenvalue weighted by Gasteiger charge is 2.21.